The molecule has 0 bridgehead atoms. The van der Waals surface area contributed by atoms with Crippen LogP contribution in [0.3, 0.4) is 0 Å². The van der Waals surface area contributed by atoms with Crippen LogP contribution in [0.25, 0.3) is 0 Å². The summed E-state index contributed by atoms with van der Waals surface area (Å²) in [5, 5.41) is 0. The van der Waals surface area contributed by atoms with Crippen molar-refractivity contribution in [1.82, 2.24) is 9.80 Å². The van der Waals surface area contributed by atoms with E-state index < -0.39 is 0 Å². The van der Waals surface area contributed by atoms with Crippen molar-refractivity contribution in [1.29, 1.82) is 0 Å². The van der Waals surface area contributed by atoms with Crippen LogP contribution in [0, 0.1) is 19.8 Å². The zero-order valence-electron chi connectivity index (χ0n) is 14.1. The van der Waals surface area contributed by atoms with Crippen molar-refractivity contribution >= 4 is 0 Å². The Morgan fingerprint density at radius 1 is 1.14 bits per heavy atom. The highest BCUT2D eigenvalue weighted by atomic mass is 15.2. The number of nitrogens with zero attached hydrogens (tertiary/aromatic N) is 2. The third-order valence-corrected chi connectivity index (χ3v) is 4.57. The molecule has 1 aromatic rings. The van der Waals surface area contributed by atoms with Gasteiger partial charge in [0, 0.05) is 19.1 Å². The third-order valence-electron chi connectivity index (χ3n) is 4.57. The molecule has 1 aliphatic rings. The standard InChI is InChI=1S/C18H31N3/c1-14-9-15(2)11-17(10-14)18(12-19)21-7-5-16(6-8-21)13-20(3)4/h9-11,16,18H,5-8,12-13,19H2,1-4H3. The van der Waals surface area contributed by atoms with E-state index >= 15 is 0 Å². The first-order valence-electron chi connectivity index (χ1n) is 8.16. The van der Waals surface area contributed by atoms with Gasteiger partial charge in [0.1, 0.15) is 0 Å². The Labute approximate surface area is 130 Å². The molecule has 1 atom stereocenters. The fourth-order valence-electron chi connectivity index (χ4n) is 3.66. The summed E-state index contributed by atoms with van der Waals surface area (Å²) in [7, 11) is 4.34. The number of nitrogens with two attached hydrogens (primary N) is 1. The zero-order chi connectivity index (χ0) is 15.4. The Morgan fingerprint density at radius 3 is 2.19 bits per heavy atom. The molecule has 3 nitrogen and oxygen atoms in total. The van der Waals surface area contributed by atoms with E-state index in [2.05, 4.69) is 55.9 Å². The Hall–Kier alpha value is -0.900. The molecule has 0 saturated carbocycles. The molecule has 1 saturated heterocycles. The highest BCUT2D eigenvalue weighted by molar-refractivity contribution is 5.31. The number of piperidine rings is 1. The molecule has 1 heterocycles. The molecule has 118 valence electrons. The minimum atomic E-state index is 0.379. The van der Waals surface area contributed by atoms with Crippen molar-refractivity contribution < 1.29 is 0 Å². The second kappa shape index (κ2) is 7.39. The molecule has 1 aliphatic heterocycles. The Kier molecular flexibility index (Phi) is 5.80. The van der Waals surface area contributed by atoms with E-state index in [4.69, 9.17) is 5.73 Å². The van der Waals surface area contributed by atoms with Crippen LogP contribution in [-0.2, 0) is 0 Å². The summed E-state index contributed by atoms with van der Waals surface area (Å²) in [5.74, 6) is 0.842. The fourth-order valence-corrected chi connectivity index (χ4v) is 3.66. The normalized spacial score (nSPS) is 19.1. The summed E-state index contributed by atoms with van der Waals surface area (Å²) in [6, 6.07) is 7.22. The van der Waals surface area contributed by atoms with Crippen LogP contribution in [0.1, 0.15) is 35.6 Å². The topological polar surface area (TPSA) is 32.5 Å². The Balaban J connectivity index is 2.02. The van der Waals surface area contributed by atoms with Gasteiger partial charge < -0.3 is 10.6 Å². The SMILES string of the molecule is Cc1cc(C)cc(C(CN)N2CCC(CN(C)C)CC2)c1. The lowest BCUT2D eigenvalue weighted by Crippen LogP contribution is -2.41. The molecule has 1 aromatic carbocycles. The molecule has 21 heavy (non-hydrogen) atoms. The summed E-state index contributed by atoms with van der Waals surface area (Å²) in [6.45, 7) is 8.62. The van der Waals surface area contributed by atoms with E-state index in [1.54, 1.807) is 0 Å². The lowest BCUT2D eigenvalue weighted by Gasteiger charge is -2.38. The van der Waals surface area contributed by atoms with Crippen molar-refractivity contribution in [3.05, 3.63) is 34.9 Å². The smallest absolute Gasteiger partial charge is 0.0470 e. The van der Waals surface area contributed by atoms with Crippen LogP contribution in [0.4, 0.5) is 0 Å². The van der Waals surface area contributed by atoms with E-state index in [1.165, 1.54) is 49.2 Å². The molecule has 1 fully saturated rings. The number of benzene rings is 1. The summed E-state index contributed by atoms with van der Waals surface area (Å²) < 4.78 is 0. The van der Waals surface area contributed by atoms with Gasteiger partial charge in [-0.2, -0.15) is 0 Å². The second-order valence-corrected chi connectivity index (χ2v) is 6.91. The molecule has 1 unspecified atom stereocenters. The van der Waals surface area contributed by atoms with E-state index in [0.717, 1.165) is 5.92 Å². The van der Waals surface area contributed by atoms with Gasteiger partial charge >= 0.3 is 0 Å². The van der Waals surface area contributed by atoms with Gasteiger partial charge in [-0.25, -0.2) is 0 Å². The van der Waals surface area contributed by atoms with Crippen molar-refractivity contribution in [3.8, 4) is 0 Å². The molecular formula is C18H31N3. The summed E-state index contributed by atoms with van der Waals surface area (Å²) in [5.41, 5.74) is 10.2. The van der Waals surface area contributed by atoms with Gasteiger partial charge in [-0.3, -0.25) is 4.90 Å². The maximum Gasteiger partial charge on any atom is 0.0470 e. The van der Waals surface area contributed by atoms with Crippen LogP contribution in [0.15, 0.2) is 18.2 Å². The van der Waals surface area contributed by atoms with Crippen LogP contribution >= 0.6 is 0 Å². The highest BCUT2D eigenvalue weighted by Crippen LogP contribution is 2.27. The quantitative estimate of drug-likeness (QED) is 0.904. The number of aryl methyl sites for hydroxylation is 2. The molecule has 0 radical (unpaired) electrons. The van der Waals surface area contributed by atoms with Gasteiger partial charge in [-0.1, -0.05) is 29.3 Å². The van der Waals surface area contributed by atoms with E-state index in [0.29, 0.717) is 12.6 Å². The summed E-state index contributed by atoms with van der Waals surface area (Å²) in [4.78, 5) is 4.89. The van der Waals surface area contributed by atoms with Gasteiger partial charge in [-0.05, 0) is 65.4 Å². The van der Waals surface area contributed by atoms with Crippen molar-refractivity contribution in [2.24, 2.45) is 11.7 Å². The number of hydrogen-bond donors (Lipinski definition) is 1. The molecule has 0 spiro atoms. The lowest BCUT2D eigenvalue weighted by molar-refractivity contribution is 0.122. The number of hydrogen-bond acceptors (Lipinski definition) is 3. The van der Waals surface area contributed by atoms with Crippen LogP contribution in [-0.4, -0.2) is 50.1 Å². The van der Waals surface area contributed by atoms with Crippen LogP contribution in [0.2, 0.25) is 0 Å². The minimum absolute atomic E-state index is 0.379. The fraction of sp³-hybridized carbons (Fsp3) is 0.667. The van der Waals surface area contributed by atoms with Crippen LogP contribution < -0.4 is 5.73 Å². The van der Waals surface area contributed by atoms with Gasteiger partial charge in [0.2, 0.25) is 0 Å². The molecular weight excluding hydrogens is 258 g/mol. The molecule has 2 N–H and O–H groups in total. The Morgan fingerprint density at radius 2 is 1.71 bits per heavy atom. The summed E-state index contributed by atoms with van der Waals surface area (Å²) in [6.07, 6.45) is 2.58. The molecule has 0 amide bonds. The van der Waals surface area contributed by atoms with Crippen molar-refractivity contribution in [3.63, 3.8) is 0 Å². The van der Waals surface area contributed by atoms with Gasteiger partial charge in [-0.15, -0.1) is 0 Å². The Bertz CT molecular complexity index is 428. The van der Waals surface area contributed by atoms with E-state index in [-0.39, 0.29) is 0 Å². The average molecular weight is 289 g/mol. The molecule has 3 heteroatoms. The van der Waals surface area contributed by atoms with Crippen LogP contribution in [0.5, 0.6) is 0 Å². The average Bonchev–Trinajstić information content (AvgIpc) is 2.40. The molecule has 0 aromatic heterocycles. The van der Waals surface area contributed by atoms with Gasteiger partial charge in [0.05, 0.1) is 0 Å². The predicted octanol–water partition coefficient (Wildman–Crippen LogP) is 2.58. The monoisotopic (exact) mass is 289 g/mol. The minimum Gasteiger partial charge on any atom is -0.329 e. The maximum absolute atomic E-state index is 6.10. The predicted molar refractivity (Wildman–Crippen MR) is 90.6 cm³/mol. The summed E-state index contributed by atoms with van der Waals surface area (Å²) >= 11 is 0. The molecule has 0 aliphatic carbocycles. The third kappa shape index (κ3) is 4.53. The van der Waals surface area contributed by atoms with Crippen molar-refractivity contribution in [2.75, 3.05) is 40.3 Å². The van der Waals surface area contributed by atoms with Crippen molar-refractivity contribution in [2.45, 2.75) is 32.7 Å². The van der Waals surface area contributed by atoms with Gasteiger partial charge in [0.25, 0.3) is 0 Å². The maximum atomic E-state index is 6.10. The number of rotatable bonds is 5. The van der Waals surface area contributed by atoms with E-state index in [1.807, 2.05) is 0 Å². The molecule has 2 rings (SSSR count). The highest BCUT2D eigenvalue weighted by Gasteiger charge is 2.25. The largest absolute Gasteiger partial charge is 0.329 e. The second-order valence-electron chi connectivity index (χ2n) is 6.91. The first kappa shape index (κ1) is 16.5. The first-order valence-corrected chi connectivity index (χ1v) is 8.16. The number of likely N-dealkylation sites (tertiary alicyclic amines) is 1. The van der Waals surface area contributed by atoms with Gasteiger partial charge in [0.15, 0.2) is 0 Å². The first-order chi connectivity index (χ1) is 9.99. The lowest BCUT2D eigenvalue weighted by atomic mass is 9.93. The van der Waals surface area contributed by atoms with E-state index in [9.17, 15) is 0 Å². The zero-order valence-corrected chi connectivity index (χ0v) is 14.1.